The minimum absolute atomic E-state index is 0.176. The molecule has 4 fully saturated rings. The first kappa shape index (κ1) is 60.7. The SMILES string of the molecule is CCCCCCCCSc1nc(N(CCCCCCNC2CC(C)(C)CC(C)(C)C2)C2CC(C)(C)CC(C)(C)C2)nc(N(CCCCCCNC2CC(C)(C)NC(C)(C)C2)C2CC(C)(C)CC(C)(C)C2)n1. The summed E-state index contributed by atoms with van der Waals surface area (Å²) in [5.74, 6) is 2.99. The molecule has 3 aliphatic carbocycles. The average Bonchev–Trinajstić information content (AvgIpc) is 3.17. The van der Waals surface area contributed by atoms with Gasteiger partial charge in [-0.3, -0.25) is 0 Å². The molecule has 4 aliphatic rings. The quantitative estimate of drug-likeness (QED) is 0.0562. The summed E-state index contributed by atoms with van der Waals surface area (Å²) in [5, 5.41) is 12.8. The standard InChI is InChI=1S/C62H118N8S/c1-18-19-20-21-26-31-36-71-54-66-52(69(50-41-57(6,7)46-58(8,9)42-50)34-29-24-22-27-32-63-48-37-55(2,3)45-56(4,5)38-48)65-53(67-54)70(51-43-59(10,11)47-60(12,13)44-51)35-30-25-23-28-33-64-49-39-61(14,15)68-62(16,17)40-49/h48-51,63-64,68H,18-47H2,1-17H3. The second kappa shape index (κ2) is 25.8. The maximum absolute atomic E-state index is 5.75. The van der Waals surface area contributed by atoms with Gasteiger partial charge >= 0.3 is 0 Å². The lowest BCUT2D eigenvalue weighted by Gasteiger charge is -2.49. The van der Waals surface area contributed by atoms with Gasteiger partial charge in [0.1, 0.15) is 0 Å². The van der Waals surface area contributed by atoms with E-state index in [1.54, 1.807) is 0 Å². The van der Waals surface area contributed by atoms with Crippen LogP contribution in [-0.2, 0) is 0 Å². The van der Waals surface area contributed by atoms with Crippen LogP contribution in [0.25, 0.3) is 0 Å². The van der Waals surface area contributed by atoms with Gasteiger partial charge in [0.15, 0.2) is 5.16 Å². The van der Waals surface area contributed by atoms with Crippen LogP contribution in [0.15, 0.2) is 5.16 Å². The van der Waals surface area contributed by atoms with Crippen molar-refractivity contribution in [2.75, 3.05) is 41.7 Å². The van der Waals surface area contributed by atoms with Gasteiger partial charge in [0.25, 0.3) is 0 Å². The van der Waals surface area contributed by atoms with Crippen LogP contribution < -0.4 is 25.8 Å². The molecular formula is C62H118N8S. The van der Waals surface area contributed by atoms with Crippen molar-refractivity contribution in [1.82, 2.24) is 30.9 Å². The smallest absolute Gasteiger partial charge is 0.231 e. The summed E-state index contributed by atoms with van der Waals surface area (Å²) < 4.78 is 0. The third-order valence-electron chi connectivity index (χ3n) is 17.0. The molecule has 71 heavy (non-hydrogen) atoms. The van der Waals surface area contributed by atoms with Crippen molar-refractivity contribution in [1.29, 1.82) is 0 Å². The molecular weight excluding hydrogens is 889 g/mol. The third-order valence-corrected chi connectivity index (χ3v) is 18.0. The highest BCUT2D eigenvalue weighted by molar-refractivity contribution is 7.99. The Kier molecular flexibility index (Phi) is 22.0. The van der Waals surface area contributed by atoms with E-state index in [1.807, 2.05) is 11.8 Å². The van der Waals surface area contributed by atoms with Crippen LogP contribution in [0.5, 0.6) is 0 Å². The zero-order valence-corrected chi connectivity index (χ0v) is 51.0. The van der Waals surface area contributed by atoms with Gasteiger partial charge in [-0.1, -0.05) is 160 Å². The van der Waals surface area contributed by atoms with Crippen molar-refractivity contribution in [3.05, 3.63) is 0 Å². The number of nitrogens with one attached hydrogen (secondary N) is 3. The van der Waals surface area contributed by atoms with Gasteiger partial charge in [-0.2, -0.15) is 15.0 Å². The Hall–Kier alpha value is -1.16. The molecule has 1 aromatic rings. The maximum atomic E-state index is 5.75. The van der Waals surface area contributed by atoms with Gasteiger partial charge in [-0.15, -0.1) is 0 Å². The van der Waals surface area contributed by atoms with Crippen molar-refractivity contribution in [3.63, 3.8) is 0 Å². The summed E-state index contributed by atoms with van der Waals surface area (Å²) >= 11 is 1.90. The van der Waals surface area contributed by atoms with Gasteiger partial charge < -0.3 is 25.8 Å². The molecule has 3 saturated carbocycles. The summed E-state index contributed by atoms with van der Waals surface area (Å²) in [6.07, 6.45) is 31.3. The highest BCUT2D eigenvalue weighted by atomic mass is 32.2. The minimum atomic E-state index is 0.176. The van der Waals surface area contributed by atoms with E-state index in [2.05, 4.69) is 143 Å². The van der Waals surface area contributed by atoms with Crippen LogP contribution in [-0.4, -0.2) is 82.1 Å². The Morgan fingerprint density at radius 2 is 0.789 bits per heavy atom. The van der Waals surface area contributed by atoms with Crippen LogP contribution in [0.1, 0.15) is 278 Å². The molecule has 5 rings (SSSR count). The van der Waals surface area contributed by atoms with Crippen LogP contribution in [0.4, 0.5) is 11.9 Å². The predicted octanol–water partition coefficient (Wildman–Crippen LogP) is 16.4. The van der Waals surface area contributed by atoms with Gasteiger partial charge in [0, 0.05) is 54.1 Å². The minimum Gasteiger partial charge on any atom is -0.338 e. The zero-order chi connectivity index (χ0) is 52.4. The zero-order valence-electron chi connectivity index (χ0n) is 50.2. The molecule has 0 radical (unpaired) electrons. The van der Waals surface area contributed by atoms with Gasteiger partial charge in [-0.05, 0) is 176 Å². The van der Waals surface area contributed by atoms with Crippen molar-refractivity contribution in [3.8, 4) is 0 Å². The lowest BCUT2D eigenvalue weighted by molar-refractivity contribution is 0.0850. The van der Waals surface area contributed by atoms with E-state index in [9.17, 15) is 0 Å². The number of anilines is 2. The normalized spacial score (nSPS) is 24.0. The number of hydrogen-bond donors (Lipinski definition) is 3. The molecule has 0 unspecified atom stereocenters. The Morgan fingerprint density at radius 1 is 0.437 bits per heavy atom. The summed E-state index contributed by atoms with van der Waals surface area (Å²) in [4.78, 5) is 22.3. The lowest BCUT2D eigenvalue weighted by Crippen LogP contribution is -2.61. The number of hydrogen-bond acceptors (Lipinski definition) is 9. The highest BCUT2D eigenvalue weighted by Crippen LogP contribution is 2.50. The predicted molar refractivity (Wildman–Crippen MR) is 311 cm³/mol. The van der Waals surface area contributed by atoms with Crippen LogP contribution in [0, 0.1) is 32.5 Å². The number of rotatable bonds is 28. The van der Waals surface area contributed by atoms with Crippen LogP contribution in [0.3, 0.4) is 0 Å². The first-order valence-corrected chi connectivity index (χ1v) is 31.1. The molecule has 0 atom stereocenters. The molecule has 1 saturated heterocycles. The Labute approximate surface area is 445 Å². The van der Waals surface area contributed by atoms with Gasteiger partial charge in [0.05, 0.1) is 0 Å². The monoisotopic (exact) mass is 1010 g/mol. The number of piperidine rings is 1. The third kappa shape index (κ3) is 21.4. The summed E-state index contributed by atoms with van der Waals surface area (Å²) in [6.45, 7) is 46.1. The fourth-order valence-corrected chi connectivity index (χ4v) is 17.0. The molecule has 9 heteroatoms. The van der Waals surface area contributed by atoms with Gasteiger partial charge in [0.2, 0.25) is 11.9 Å². The average molecular weight is 1010 g/mol. The lowest BCUT2D eigenvalue weighted by atomic mass is 9.63. The first-order valence-electron chi connectivity index (χ1n) is 30.1. The van der Waals surface area contributed by atoms with E-state index in [0.29, 0.717) is 35.0 Å². The fraction of sp³-hybridized carbons (Fsp3) is 0.952. The van der Waals surface area contributed by atoms with Gasteiger partial charge in [-0.25, -0.2) is 0 Å². The van der Waals surface area contributed by atoms with E-state index >= 15 is 0 Å². The van der Waals surface area contributed by atoms with E-state index in [1.165, 1.54) is 161 Å². The van der Waals surface area contributed by atoms with Crippen molar-refractivity contribution in [2.24, 2.45) is 32.5 Å². The number of unbranched alkanes of at least 4 members (excludes halogenated alkanes) is 11. The molecule has 0 aromatic carbocycles. The summed E-state index contributed by atoms with van der Waals surface area (Å²) in [6, 6.07) is 2.05. The number of thioether (sulfide) groups is 1. The molecule has 0 spiro atoms. The van der Waals surface area contributed by atoms with Crippen LogP contribution >= 0.6 is 11.8 Å². The summed E-state index contributed by atoms with van der Waals surface area (Å²) in [7, 11) is 0. The highest BCUT2D eigenvalue weighted by Gasteiger charge is 2.44. The Balaban J connectivity index is 1.36. The first-order chi connectivity index (χ1) is 33.0. The number of aromatic nitrogens is 3. The van der Waals surface area contributed by atoms with Crippen molar-refractivity contribution >= 4 is 23.7 Å². The Morgan fingerprint density at radius 3 is 1.21 bits per heavy atom. The van der Waals surface area contributed by atoms with E-state index in [4.69, 9.17) is 15.0 Å². The topological polar surface area (TPSA) is 81.2 Å². The molecule has 1 aromatic heterocycles. The molecule has 0 bridgehead atoms. The maximum Gasteiger partial charge on any atom is 0.231 e. The largest absolute Gasteiger partial charge is 0.338 e. The van der Waals surface area contributed by atoms with E-state index < -0.39 is 0 Å². The second-order valence-corrected chi connectivity index (χ2v) is 31.8. The number of nitrogens with zero attached hydrogens (tertiary/aromatic N) is 5. The molecule has 412 valence electrons. The molecule has 2 heterocycles. The molecule has 3 N–H and O–H groups in total. The van der Waals surface area contributed by atoms with Crippen molar-refractivity contribution in [2.45, 2.75) is 319 Å². The van der Waals surface area contributed by atoms with E-state index in [0.717, 1.165) is 49.0 Å². The molecule has 8 nitrogen and oxygen atoms in total. The van der Waals surface area contributed by atoms with Crippen LogP contribution in [0.2, 0.25) is 0 Å². The molecule has 1 aliphatic heterocycles. The molecule has 0 amide bonds. The summed E-state index contributed by atoms with van der Waals surface area (Å²) in [5.41, 5.74) is 2.27. The fourth-order valence-electron chi connectivity index (χ4n) is 16.2. The second-order valence-electron chi connectivity index (χ2n) is 30.7. The van der Waals surface area contributed by atoms with Crippen molar-refractivity contribution < 1.29 is 0 Å². The van der Waals surface area contributed by atoms with E-state index in [-0.39, 0.29) is 32.7 Å². The Bertz CT molecular complexity index is 1550.